The molecule has 110 valence electrons. The Balaban J connectivity index is 1.91. The molecule has 2 heterocycles. The molecule has 0 amide bonds. The van der Waals surface area contributed by atoms with Crippen molar-refractivity contribution in [2.24, 2.45) is 0 Å². The first-order chi connectivity index (χ1) is 10.7. The van der Waals surface area contributed by atoms with E-state index in [1.807, 2.05) is 0 Å². The number of hydrogen-bond acceptors (Lipinski definition) is 1. The van der Waals surface area contributed by atoms with E-state index in [2.05, 4.69) is 69.0 Å². The summed E-state index contributed by atoms with van der Waals surface area (Å²) >= 11 is 3.71. The third kappa shape index (κ3) is 2.02. The van der Waals surface area contributed by atoms with Crippen LogP contribution in [0.2, 0.25) is 0 Å². The summed E-state index contributed by atoms with van der Waals surface area (Å²) < 4.78 is 1.09. The van der Waals surface area contributed by atoms with E-state index in [-0.39, 0.29) is 12.1 Å². The van der Waals surface area contributed by atoms with E-state index < -0.39 is 0 Å². The molecule has 3 heteroatoms. The van der Waals surface area contributed by atoms with Crippen molar-refractivity contribution >= 4 is 15.9 Å². The Bertz CT molecular complexity index is 791. The highest BCUT2D eigenvalue weighted by molar-refractivity contribution is 9.10. The van der Waals surface area contributed by atoms with Crippen molar-refractivity contribution < 1.29 is 0 Å². The summed E-state index contributed by atoms with van der Waals surface area (Å²) in [5.74, 6) is 0. The predicted octanol–water partition coefficient (Wildman–Crippen LogP) is 4.83. The van der Waals surface area contributed by atoms with Gasteiger partial charge in [-0.1, -0.05) is 46.3 Å². The zero-order valence-electron chi connectivity index (χ0n) is 12.5. The molecule has 0 saturated carbocycles. The highest BCUT2D eigenvalue weighted by Gasteiger charge is 2.44. The molecule has 4 rings (SSSR count). The molecule has 0 aliphatic carbocycles. The normalized spacial score (nSPS) is 23.1. The van der Waals surface area contributed by atoms with Gasteiger partial charge >= 0.3 is 0 Å². The van der Waals surface area contributed by atoms with Crippen LogP contribution in [0, 0.1) is 13.5 Å². The number of aryl methyl sites for hydroxylation is 1. The van der Waals surface area contributed by atoms with Gasteiger partial charge in [0.15, 0.2) is 0 Å². The van der Waals surface area contributed by atoms with Crippen LogP contribution in [0.25, 0.3) is 4.85 Å². The first-order valence-corrected chi connectivity index (χ1v) is 8.45. The third-order valence-electron chi connectivity index (χ3n) is 4.90. The molecule has 2 aromatic rings. The molecule has 0 fully saturated rings. The fraction of sp³-hybridized carbons (Fsp3) is 0.316. The maximum atomic E-state index is 7.82. The zero-order valence-corrected chi connectivity index (χ0v) is 14.1. The van der Waals surface area contributed by atoms with Gasteiger partial charge in [-0.05, 0) is 41.7 Å². The summed E-state index contributed by atoms with van der Waals surface area (Å²) in [5, 5.41) is 0. The first kappa shape index (κ1) is 14.0. The van der Waals surface area contributed by atoms with Crippen LogP contribution in [0.4, 0.5) is 0 Å². The number of hydrogen-bond donors (Lipinski definition) is 0. The topological polar surface area (TPSA) is 7.60 Å². The fourth-order valence-electron chi connectivity index (χ4n) is 4.00. The van der Waals surface area contributed by atoms with E-state index in [0.717, 1.165) is 24.0 Å². The number of fused-ring (bicyclic) bond motifs is 4. The van der Waals surface area contributed by atoms with Crippen LogP contribution in [0.15, 0.2) is 40.9 Å². The van der Waals surface area contributed by atoms with Crippen molar-refractivity contribution in [3.05, 3.63) is 80.1 Å². The maximum Gasteiger partial charge on any atom is 0.269 e. The molecular weight excluding hydrogens is 336 g/mol. The lowest BCUT2D eigenvalue weighted by molar-refractivity contribution is 0.146. The Kier molecular flexibility index (Phi) is 3.32. The van der Waals surface area contributed by atoms with E-state index in [4.69, 9.17) is 6.57 Å². The van der Waals surface area contributed by atoms with Crippen molar-refractivity contribution in [2.45, 2.75) is 32.0 Å². The van der Waals surface area contributed by atoms with Crippen molar-refractivity contribution in [3.8, 4) is 0 Å². The number of nitrogens with zero attached hydrogens (tertiary/aromatic N) is 2. The monoisotopic (exact) mass is 352 g/mol. The van der Waals surface area contributed by atoms with E-state index in [0.29, 0.717) is 0 Å². The maximum absolute atomic E-state index is 7.82. The quantitative estimate of drug-likeness (QED) is 0.616. The van der Waals surface area contributed by atoms with Crippen molar-refractivity contribution in [2.75, 3.05) is 6.54 Å². The lowest BCUT2D eigenvalue weighted by Gasteiger charge is -2.41. The Morgan fingerprint density at radius 3 is 2.86 bits per heavy atom. The van der Waals surface area contributed by atoms with Crippen LogP contribution < -0.4 is 0 Å². The molecule has 0 saturated heterocycles. The molecule has 2 aliphatic rings. The Labute approximate surface area is 139 Å². The number of benzene rings is 2. The van der Waals surface area contributed by atoms with E-state index in [1.54, 1.807) is 0 Å². The second kappa shape index (κ2) is 5.22. The SMILES string of the molecule is [C-]#[N+][C@H]1c2c(Br)cc(C)cc2CN2CCc3ccccc3[C@@H]12. The van der Waals surface area contributed by atoms with E-state index >= 15 is 0 Å². The van der Waals surface area contributed by atoms with Gasteiger partial charge in [-0.2, -0.15) is 0 Å². The van der Waals surface area contributed by atoms with Crippen LogP contribution in [0.3, 0.4) is 0 Å². The van der Waals surface area contributed by atoms with Gasteiger partial charge in [-0.25, -0.2) is 6.57 Å². The van der Waals surface area contributed by atoms with Crippen LogP contribution in [0.1, 0.15) is 39.9 Å². The lowest BCUT2D eigenvalue weighted by Crippen LogP contribution is -2.41. The smallest absolute Gasteiger partial charge is 0.269 e. The molecule has 2 aromatic carbocycles. The second-order valence-electron chi connectivity index (χ2n) is 6.26. The molecule has 22 heavy (non-hydrogen) atoms. The van der Waals surface area contributed by atoms with Crippen LogP contribution in [0.5, 0.6) is 0 Å². The molecule has 0 unspecified atom stereocenters. The molecule has 2 aliphatic heterocycles. The minimum absolute atomic E-state index is 0.125. The van der Waals surface area contributed by atoms with E-state index in [1.165, 1.54) is 27.8 Å². The Hall–Kier alpha value is -1.63. The summed E-state index contributed by atoms with van der Waals surface area (Å²) in [4.78, 5) is 6.53. The van der Waals surface area contributed by atoms with Crippen molar-refractivity contribution in [1.82, 2.24) is 4.90 Å². The highest BCUT2D eigenvalue weighted by Crippen LogP contribution is 2.48. The highest BCUT2D eigenvalue weighted by atomic mass is 79.9. The van der Waals surface area contributed by atoms with Gasteiger partial charge in [0, 0.05) is 17.6 Å². The molecule has 0 radical (unpaired) electrons. The standard InChI is InChI=1S/C19H17BrN2/c1-12-9-14-11-22-8-7-13-5-3-4-6-15(13)19(22)18(21-2)17(14)16(20)10-12/h3-6,9-10,18-19H,7-8,11H2,1H3/t18-,19-/m0/s1. The molecule has 0 N–H and O–H groups in total. The van der Waals surface area contributed by atoms with Gasteiger partial charge in [0.25, 0.3) is 6.04 Å². The number of halogens is 1. The zero-order chi connectivity index (χ0) is 15.3. The molecule has 2 atom stereocenters. The average molecular weight is 353 g/mol. The van der Waals surface area contributed by atoms with Crippen LogP contribution in [-0.4, -0.2) is 11.4 Å². The molecule has 2 nitrogen and oxygen atoms in total. The van der Waals surface area contributed by atoms with E-state index in [9.17, 15) is 0 Å². The molecule has 0 aromatic heterocycles. The summed E-state index contributed by atoms with van der Waals surface area (Å²) in [7, 11) is 0. The van der Waals surface area contributed by atoms with Crippen molar-refractivity contribution in [1.29, 1.82) is 0 Å². The predicted molar refractivity (Wildman–Crippen MR) is 91.5 cm³/mol. The molecule has 0 spiro atoms. The van der Waals surface area contributed by atoms with Gasteiger partial charge in [0.1, 0.15) is 6.04 Å². The Morgan fingerprint density at radius 1 is 1.23 bits per heavy atom. The Morgan fingerprint density at radius 2 is 2.05 bits per heavy atom. The summed E-state index contributed by atoms with van der Waals surface area (Å²) in [5.41, 5.74) is 6.50. The minimum atomic E-state index is -0.125. The van der Waals surface area contributed by atoms with Crippen LogP contribution >= 0.6 is 15.9 Å². The van der Waals surface area contributed by atoms with Gasteiger partial charge in [-0.15, -0.1) is 0 Å². The van der Waals surface area contributed by atoms with Gasteiger partial charge < -0.3 is 4.85 Å². The lowest BCUT2D eigenvalue weighted by atomic mass is 9.80. The van der Waals surface area contributed by atoms with Gasteiger partial charge in [-0.3, -0.25) is 4.90 Å². The molecule has 0 bridgehead atoms. The summed E-state index contributed by atoms with van der Waals surface area (Å²) in [6.07, 6.45) is 1.08. The minimum Gasteiger partial charge on any atom is -0.306 e. The van der Waals surface area contributed by atoms with Crippen LogP contribution in [-0.2, 0) is 13.0 Å². The third-order valence-corrected chi connectivity index (χ3v) is 5.56. The largest absolute Gasteiger partial charge is 0.306 e. The summed E-state index contributed by atoms with van der Waals surface area (Å²) in [6, 6.07) is 13.1. The summed E-state index contributed by atoms with van der Waals surface area (Å²) in [6.45, 7) is 11.9. The molecular formula is C19H17BrN2. The van der Waals surface area contributed by atoms with Crippen molar-refractivity contribution in [3.63, 3.8) is 0 Å². The van der Waals surface area contributed by atoms with Gasteiger partial charge in [0.05, 0.1) is 5.56 Å². The van der Waals surface area contributed by atoms with Gasteiger partial charge in [0.2, 0.25) is 0 Å². The number of rotatable bonds is 0. The first-order valence-electron chi connectivity index (χ1n) is 7.66. The average Bonchev–Trinajstić information content (AvgIpc) is 2.52. The second-order valence-corrected chi connectivity index (χ2v) is 7.11. The fourth-order valence-corrected chi connectivity index (χ4v) is 4.85.